The van der Waals surface area contributed by atoms with E-state index < -0.39 is 23.1 Å². The first-order valence-electron chi connectivity index (χ1n) is 11.9. The molecule has 192 valence electrons. The van der Waals surface area contributed by atoms with Gasteiger partial charge >= 0.3 is 6.18 Å². The van der Waals surface area contributed by atoms with E-state index in [1.807, 2.05) is 12.1 Å². The van der Waals surface area contributed by atoms with Crippen LogP contribution < -0.4 is 5.32 Å². The van der Waals surface area contributed by atoms with Gasteiger partial charge < -0.3 is 15.0 Å². The summed E-state index contributed by atoms with van der Waals surface area (Å²) in [5.41, 5.74) is -2.60. The smallest absolute Gasteiger partial charge is 0.356 e. The molecule has 0 aliphatic carbocycles. The summed E-state index contributed by atoms with van der Waals surface area (Å²) < 4.78 is 48.2. The maximum atomic E-state index is 14.4. The van der Waals surface area contributed by atoms with Crippen LogP contribution in [0, 0.1) is 5.41 Å². The third-order valence-electron chi connectivity index (χ3n) is 7.70. The molecule has 0 saturated carbocycles. The van der Waals surface area contributed by atoms with Crippen LogP contribution in [-0.4, -0.2) is 55.4 Å². The minimum Gasteiger partial charge on any atom is -0.356 e. The van der Waals surface area contributed by atoms with Crippen molar-refractivity contribution in [2.24, 2.45) is 5.41 Å². The fraction of sp³-hybridized carbons (Fsp3) is 0.444. The highest BCUT2D eigenvalue weighted by Crippen LogP contribution is 2.51. The fourth-order valence-electron chi connectivity index (χ4n) is 5.80. The van der Waals surface area contributed by atoms with Crippen LogP contribution in [0.5, 0.6) is 0 Å². The second-order valence-corrected chi connectivity index (χ2v) is 9.58. The van der Waals surface area contributed by atoms with Gasteiger partial charge in [0.25, 0.3) is 11.5 Å². The van der Waals surface area contributed by atoms with Gasteiger partial charge in [0.05, 0.1) is 0 Å². The highest BCUT2D eigenvalue weighted by Gasteiger charge is 2.64. The summed E-state index contributed by atoms with van der Waals surface area (Å²) in [4.78, 5) is 39.4. The maximum Gasteiger partial charge on any atom is 0.430 e. The quantitative estimate of drug-likeness (QED) is 0.622. The molecule has 2 aromatic rings. The maximum absolute atomic E-state index is 14.4. The molecule has 1 spiro atoms. The van der Waals surface area contributed by atoms with Crippen molar-refractivity contribution < 1.29 is 32.3 Å². The van der Waals surface area contributed by atoms with Gasteiger partial charge in [-0.2, -0.15) is 13.2 Å². The Kier molecular flexibility index (Phi) is 6.96. The van der Waals surface area contributed by atoms with Gasteiger partial charge in [-0.05, 0) is 30.7 Å². The monoisotopic (exact) mass is 502 g/mol. The molecule has 1 unspecified atom stereocenters. The van der Waals surface area contributed by atoms with Crippen LogP contribution in [-0.2, 0) is 19.9 Å². The number of carbonyl (C=O) groups is 3. The first kappa shape index (κ1) is 25.9. The van der Waals surface area contributed by atoms with Crippen molar-refractivity contribution in [2.75, 3.05) is 26.7 Å². The molecule has 6 nitrogen and oxygen atoms in total. The van der Waals surface area contributed by atoms with Gasteiger partial charge in [0.15, 0.2) is 5.78 Å². The molecule has 0 radical (unpaired) electrons. The first-order chi connectivity index (χ1) is 17.1. The molecule has 2 saturated heterocycles. The topological polar surface area (TPSA) is 75.7 Å². The number of rotatable bonds is 5. The lowest BCUT2D eigenvalue weighted by Gasteiger charge is -2.50. The van der Waals surface area contributed by atoms with Gasteiger partial charge in [0, 0.05) is 50.2 Å². The molecule has 2 aliphatic rings. The van der Waals surface area contributed by atoms with Crippen LogP contribution in [0.1, 0.15) is 53.6 Å². The SMILES string of the molecule is CO[C@@](C(=O)N1CCC2(CC1)CC(=O)NCC2c1ccccc1C(C)=O)(c1ccccc1)C(F)(F)F. The van der Waals surface area contributed by atoms with E-state index in [2.05, 4.69) is 5.32 Å². The number of halogens is 3. The summed E-state index contributed by atoms with van der Waals surface area (Å²) in [6.45, 7) is 1.89. The van der Waals surface area contributed by atoms with Crippen LogP contribution in [0.25, 0.3) is 0 Å². The summed E-state index contributed by atoms with van der Waals surface area (Å²) in [7, 11) is 0.893. The van der Waals surface area contributed by atoms with Crippen molar-refractivity contribution in [2.45, 2.75) is 43.9 Å². The van der Waals surface area contributed by atoms with E-state index in [-0.39, 0.29) is 42.7 Å². The third-order valence-corrected chi connectivity index (χ3v) is 7.70. The molecule has 0 aromatic heterocycles. The Morgan fingerprint density at radius 3 is 2.22 bits per heavy atom. The second-order valence-electron chi connectivity index (χ2n) is 9.58. The highest BCUT2D eigenvalue weighted by molar-refractivity contribution is 5.96. The van der Waals surface area contributed by atoms with Crippen LogP contribution in [0.2, 0.25) is 0 Å². The zero-order valence-electron chi connectivity index (χ0n) is 20.2. The Morgan fingerprint density at radius 1 is 1.03 bits per heavy atom. The number of likely N-dealkylation sites (tertiary alicyclic amines) is 1. The van der Waals surface area contributed by atoms with E-state index in [0.717, 1.165) is 12.7 Å². The summed E-state index contributed by atoms with van der Waals surface area (Å²) >= 11 is 0. The van der Waals surface area contributed by atoms with E-state index >= 15 is 0 Å². The molecular formula is C27H29F3N2O4. The van der Waals surface area contributed by atoms with E-state index in [1.165, 1.54) is 36.1 Å². The third kappa shape index (κ3) is 4.30. The van der Waals surface area contributed by atoms with Crippen LogP contribution in [0.4, 0.5) is 13.2 Å². The molecule has 2 heterocycles. The van der Waals surface area contributed by atoms with Gasteiger partial charge in [-0.3, -0.25) is 14.4 Å². The Labute approximate surface area is 207 Å². The van der Waals surface area contributed by atoms with Crippen molar-refractivity contribution in [1.82, 2.24) is 10.2 Å². The van der Waals surface area contributed by atoms with E-state index in [1.54, 1.807) is 18.2 Å². The minimum atomic E-state index is -4.98. The lowest BCUT2D eigenvalue weighted by Crippen LogP contribution is -2.60. The normalized spacial score (nSPS) is 21.5. The molecule has 2 aliphatic heterocycles. The predicted molar refractivity (Wildman–Crippen MR) is 126 cm³/mol. The number of hydrogen-bond acceptors (Lipinski definition) is 4. The number of carbonyl (C=O) groups excluding carboxylic acids is 3. The van der Waals surface area contributed by atoms with Gasteiger partial charge in [-0.25, -0.2) is 0 Å². The Hall–Kier alpha value is -3.20. The van der Waals surface area contributed by atoms with Crippen molar-refractivity contribution in [1.29, 1.82) is 0 Å². The predicted octanol–water partition coefficient (Wildman–Crippen LogP) is 4.21. The first-order valence-corrected chi connectivity index (χ1v) is 11.9. The summed E-state index contributed by atoms with van der Waals surface area (Å²) in [6.07, 6.45) is -4.15. The lowest BCUT2D eigenvalue weighted by molar-refractivity contribution is -0.271. The van der Waals surface area contributed by atoms with Gasteiger partial charge in [-0.15, -0.1) is 0 Å². The number of amides is 2. The van der Waals surface area contributed by atoms with Crippen molar-refractivity contribution in [3.05, 3.63) is 71.3 Å². The number of Topliss-reactive ketones (excluding diaryl/α,β-unsaturated/α-hetero) is 1. The number of methoxy groups -OCH3 is 1. The lowest BCUT2D eigenvalue weighted by atomic mass is 9.61. The molecular weight excluding hydrogens is 473 g/mol. The number of alkyl halides is 3. The van der Waals surface area contributed by atoms with Crippen molar-refractivity contribution >= 4 is 17.6 Å². The number of hydrogen-bond donors (Lipinski definition) is 1. The molecule has 1 N–H and O–H groups in total. The van der Waals surface area contributed by atoms with Gasteiger partial charge in [-0.1, -0.05) is 54.6 Å². The number of piperidine rings is 2. The molecule has 36 heavy (non-hydrogen) atoms. The molecule has 2 atom stereocenters. The highest BCUT2D eigenvalue weighted by atomic mass is 19.4. The fourth-order valence-corrected chi connectivity index (χ4v) is 5.80. The molecule has 2 amide bonds. The average Bonchev–Trinajstić information content (AvgIpc) is 2.85. The summed E-state index contributed by atoms with van der Waals surface area (Å²) in [6, 6.07) is 14.1. The van der Waals surface area contributed by atoms with Crippen molar-refractivity contribution in [3.63, 3.8) is 0 Å². The van der Waals surface area contributed by atoms with E-state index in [0.29, 0.717) is 24.9 Å². The molecule has 4 rings (SSSR count). The Bertz CT molecular complexity index is 1140. The number of nitrogens with one attached hydrogen (secondary N) is 1. The number of ether oxygens (including phenoxy) is 1. The zero-order valence-corrected chi connectivity index (χ0v) is 20.2. The molecule has 9 heteroatoms. The van der Waals surface area contributed by atoms with Crippen LogP contribution >= 0.6 is 0 Å². The van der Waals surface area contributed by atoms with Crippen molar-refractivity contribution in [3.8, 4) is 0 Å². The number of benzene rings is 2. The largest absolute Gasteiger partial charge is 0.430 e. The van der Waals surface area contributed by atoms with E-state index in [4.69, 9.17) is 4.74 Å². The Morgan fingerprint density at radius 2 is 1.64 bits per heavy atom. The summed E-state index contributed by atoms with van der Waals surface area (Å²) in [5, 5.41) is 2.88. The number of nitrogens with zero attached hydrogens (tertiary/aromatic N) is 1. The number of ketones is 1. The van der Waals surface area contributed by atoms with Crippen LogP contribution in [0.15, 0.2) is 54.6 Å². The standard InChI is InChI=1S/C27H29F3N2O4/c1-18(33)20-10-6-7-11-21(20)22-17-31-23(34)16-25(22)12-14-32(15-13-25)24(35)26(36-2,27(28,29)30)19-8-4-3-5-9-19/h3-11,22H,12-17H2,1-2H3,(H,31,34)/t22?,26-/m1/s1. The van der Waals surface area contributed by atoms with Gasteiger partial charge in [0.1, 0.15) is 0 Å². The Balaban J connectivity index is 1.65. The van der Waals surface area contributed by atoms with Gasteiger partial charge in [0.2, 0.25) is 5.91 Å². The van der Waals surface area contributed by atoms with Crippen LogP contribution in [0.3, 0.4) is 0 Å². The zero-order chi connectivity index (χ0) is 26.1. The van der Waals surface area contributed by atoms with E-state index in [9.17, 15) is 27.6 Å². The second kappa shape index (κ2) is 9.69. The molecule has 0 bridgehead atoms. The molecule has 2 aromatic carbocycles. The average molecular weight is 503 g/mol. The molecule has 2 fully saturated rings. The summed E-state index contributed by atoms with van der Waals surface area (Å²) in [5.74, 6) is -1.60. The minimum absolute atomic E-state index is 0.0406.